The average Bonchev–Trinajstić information content (AvgIpc) is 2.13. The van der Waals surface area contributed by atoms with Gasteiger partial charge in [0, 0.05) is 6.20 Å². The van der Waals surface area contributed by atoms with Crippen molar-refractivity contribution in [3.8, 4) is 5.75 Å². The first-order chi connectivity index (χ1) is 8.12. The lowest BCUT2D eigenvalue weighted by atomic mass is 9.99. The largest absolute Gasteiger partial charge is 0.506 e. The molecule has 1 aromatic heterocycles. The van der Waals surface area contributed by atoms with Gasteiger partial charge in [0.2, 0.25) is 0 Å². The number of carbonyl (C=O) groups excluding carboxylic acids is 1. The maximum absolute atomic E-state index is 11.7. The molecule has 0 aliphatic carbocycles. The minimum atomic E-state index is -0.812. The fourth-order valence-electron chi connectivity index (χ4n) is 1.50. The van der Waals surface area contributed by atoms with Crippen LogP contribution < -0.4 is 5.32 Å². The van der Waals surface area contributed by atoms with Gasteiger partial charge in [0.15, 0.2) is 0 Å². The van der Waals surface area contributed by atoms with Crippen molar-refractivity contribution in [1.29, 1.82) is 0 Å². The van der Waals surface area contributed by atoms with Crippen LogP contribution in [0.25, 0.3) is 0 Å². The normalized spacial score (nSPS) is 12.1. The number of ether oxygens (including phenoxy) is 1. The predicted octanol–water partition coefficient (Wildman–Crippen LogP) is 2.55. The fraction of sp³-hybridized carbons (Fsp3) is 0.538. The molecule has 100 valence electrons. The maximum atomic E-state index is 11.7. The predicted molar refractivity (Wildman–Crippen MR) is 68.3 cm³/mol. The number of hydrogen-bond acceptors (Lipinski definition) is 4. The molecule has 0 fully saturated rings. The average molecular weight is 252 g/mol. The fourth-order valence-corrected chi connectivity index (χ4v) is 1.50. The van der Waals surface area contributed by atoms with Crippen LogP contribution in [0.4, 0.5) is 4.79 Å². The molecular weight excluding hydrogens is 232 g/mol. The van der Waals surface area contributed by atoms with Gasteiger partial charge in [0.1, 0.15) is 17.0 Å². The summed E-state index contributed by atoms with van der Waals surface area (Å²) in [5.41, 5.74) is -0.976. The molecule has 1 aromatic rings. The Morgan fingerprint density at radius 2 is 1.94 bits per heavy atom. The topological polar surface area (TPSA) is 71.5 Å². The number of aromatic nitrogens is 1. The number of alkyl carbamates (subject to hydrolysis) is 1. The lowest BCUT2D eigenvalue weighted by Crippen LogP contribution is -2.44. The molecule has 0 radical (unpaired) electrons. The van der Waals surface area contributed by atoms with Crippen molar-refractivity contribution in [2.75, 3.05) is 0 Å². The molecule has 0 unspecified atom stereocenters. The van der Waals surface area contributed by atoms with E-state index in [0.717, 1.165) is 0 Å². The number of nitrogens with zero attached hydrogens (tertiary/aromatic N) is 1. The summed E-state index contributed by atoms with van der Waals surface area (Å²) >= 11 is 0. The van der Waals surface area contributed by atoms with Gasteiger partial charge < -0.3 is 15.2 Å². The lowest BCUT2D eigenvalue weighted by molar-refractivity contribution is 0.0467. The summed E-state index contributed by atoms with van der Waals surface area (Å²) in [6.07, 6.45) is 1.02. The Kier molecular flexibility index (Phi) is 3.84. The molecular formula is C13H20N2O3. The van der Waals surface area contributed by atoms with Crippen LogP contribution in [0, 0.1) is 0 Å². The number of hydrogen-bond donors (Lipinski definition) is 2. The van der Waals surface area contributed by atoms with E-state index in [0.29, 0.717) is 5.69 Å². The zero-order chi connectivity index (χ0) is 14.0. The molecule has 0 saturated carbocycles. The summed E-state index contributed by atoms with van der Waals surface area (Å²) in [4.78, 5) is 15.8. The zero-order valence-corrected chi connectivity index (χ0v) is 11.4. The number of aromatic hydroxyl groups is 1. The second kappa shape index (κ2) is 4.84. The van der Waals surface area contributed by atoms with Crippen molar-refractivity contribution in [2.24, 2.45) is 0 Å². The van der Waals surface area contributed by atoms with Crippen molar-refractivity contribution in [2.45, 2.75) is 45.8 Å². The van der Waals surface area contributed by atoms with E-state index in [1.165, 1.54) is 6.07 Å². The van der Waals surface area contributed by atoms with Gasteiger partial charge in [0.25, 0.3) is 0 Å². The number of pyridine rings is 1. The van der Waals surface area contributed by atoms with E-state index in [1.54, 1.807) is 46.9 Å². The Bertz CT molecular complexity index is 436. The van der Waals surface area contributed by atoms with Crippen molar-refractivity contribution >= 4 is 6.09 Å². The van der Waals surface area contributed by atoms with Gasteiger partial charge in [-0.05, 0) is 46.8 Å². The number of nitrogens with one attached hydrogen (secondary N) is 1. The minimum absolute atomic E-state index is 0.0403. The van der Waals surface area contributed by atoms with Gasteiger partial charge >= 0.3 is 6.09 Å². The van der Waals surface area contributed by atoms with E-state index >= 15 is 0 Å². The van der Waals surface area contributed by atoms with E-state index < -0.39 is 17.2 Å². The van der Waals surface area contributed by atoms with Crippen LogP contribution in [0.5, 0.6) is 5.75 Å². The minimum Gasteiger partial charge on any atom is -0.506 e. The molecule has 18 heavy (non-hydrogen) atoms. The summed E-state index contributed by atoms with van der Waals surface area (Å²) in [7, 11) is 0. The van der Waals surface area contributed by atoms with Crippen molar-refractivity contribution in [3.05, 3.63) is 24.0 Å². The highest BCUT2D eigenvalue weighted by molar-refractivity contribution is 5.69. The SMILES string of the molecule is CC(C)(C)OC(=O)NC(C)(C)c1ncccc1O. The Hall–Kier alpha value is -1.78. The molecule has 0 bridgehead atoms. The third kappa shape index (κ3) is 3.91. The Morgan fingerprint density at radius 1 is 1.33 bits per heavy atom. The quantitative estimate of drug-likeness (QED) is 0.848. The highest BCUT2D eigenvalue weighted by atomic mass is 16.6. The molecule has 0 aliphatic heterocycles. The molecule has 0 spiro atoms. The summed E-state index contributed by atoms with van der Waals surface area (Å²) < 4.78 is 5.18. The molecule has 0 saturated heterocycles. The summed E-state index contributed by atoms with van der Waals surface area (Å²) in [5, 5.41) is 12.4. The van der Waals surface area contributed by atoms with Crippen LogP contribution in [0.1, 0.15) is 40.3 Å². The van der Waals surface area contributed by atoms with E-state index in [2.05, 4.69) is 10.3 Å². The van der Waals surface area contributed by atoms with Gasteiger partial charge in [-0.1, -0.05) is 0 Å². The summed E-state index contributed by atoms with van der Waals surface area (Å²) in [6, 6.07) is 3.16. The van der Waals surface area contributed by atoms with Crippen molar-refractivity contribution in [3.63, 3.8) is 0 Å². The van der Waals surface area contributed by atoms with Crippen molar-refractivity contribution < 1.29 is 14.6 Å². The molecule has 1 rings (SSSR count). The Morgan fingerprint density at radius 3 is 2.44 bits per heavy atom. The van der Waals surface area contributed by atoms with Gasteiger partial charge in [0.05, 0.1) is 5.54 Å². The van der Waals surface area contributed by atoms with E-state index in [-0.39, 0.29) is 5.75 Å². The first-order valence-corrected chi connectivity index (χ1v) is 5.77. The molecule has 5 nitrogen and oxygen atoms in total. The Labute approximate surface area is 107 Å². The van der Waals surface area contributed by atoms with Gasteiger partial charge in [-0.2, -0.15) is 0 Å². The maximum Gasteiger partial charge on any atom is 0.408 e. The van der Waals surface area contributed by atoms with E-state index in [9.17, 15) is 9.90 Å². The second-order valence-corrected chi connectivity index (χ2v) is 5.62. The molecule has 0 atom stereocenters. The first kappa shape index (κ1) is 14.3. The lowest BCUT2D eigenvalue weighted by Gasteiger charge is -2.28. The van der Waals surface area contributed by atoms with Gasteiger partial charge in [-0.15, -0.1) is 0 Å². The smallest absolute Gasteiger partial charge is 0.408 e. The number of rotatable bonds is 2. The van der Waals surface area contributed by atoms with Crippen molar-refractivity contribution in [1.82, 2.24) is 10.3 Å². The van der Waals surface area contributed by atoms with E-state index in [4.69, 9.17) is 4.74 Å². The van der Waals surface area contributed by atoms with Crippen LogP contribution in [0.2, 0.25) is 0 Å². The highest BCUT2D eigenvalue weighted by Gasteiger charge is 2.29. The Balaban J connectivity index is 2.83. The van der Waals surface area contributed by atoms with Gasteiger partial charge in [-0.25, -0.2) is 4.79 Å². The number of carbonyl (C=O) groups is 1. The van der Waals surface area contributed by atoms with E-state index in [1.807, 2.05) is 0 Å². The van der Waals surface area contributed by atoms with Gasteiger partial charge in [-0.3, -0.25) is 4.98 Å². The third-order valence-corrected chi connectivity index (χ3v) is 2.19. The molecule has 1 heterocycles. The molecule has 5 heteroatoms. The number of amides is 1. The van der Waals surface area contributed by atoms with Crippen LogP contribution >= 0.6 is 0 Å². The van der Waals surface area contributed by atoms with Crippen LogP contribution in [-0.2, 0) is 10.3 Å². The van der Waals surface area contributed by atoms with Crippen LogP contribution in [0.3, 0.4) is 0 Å². The third-order valence-electron chi connectivity index (χ3n) is 2.19. The van der Waals surface area contributed by atoms with Crippen LogP contribution in [0.15, 0.2) is 18.3 Å². The summed E-state index contributed by atoms with van der Waals surface area (Å²) in [5.74, 6) is 0.0403. The monoisotopic (exact) mass is 252 g/mol. The molecule has 1 amide bonds. The zero-order valence-electron chi connectivity index (χ0n) is 11.4. The molecule has 0 aliphatic rings. The molecule has 2 N–H and O–H groups in total. The van der Waals surface area contributed by atoms with Crippen LogP contribution in [-0.4, -0.2) is 21.8 Å². The molecule has 0 aromatic carbocycles. The first-order valence-electron chi connectivity index (χ1n) is 5.77. The summed E-state index contributed by atoms with van der Waals surface area (Å²) in [6.45, 7) is 8.87. The highest BCUT2D eigenvalue weighted by Crippen LogP contribution is 2.26. The second-order valence-electron chi connectivity index (χ2n) is 5.62. The standard InChI is InChI=1S/C13H20N2O3/c1-12(2,3)18-11(17)15-13(4,5)10-9(16)7-6-8-14-10/h6-8,16H,1-5H3,(H,15,17).